The van der Waals surface area contributed by atoms with Gasteiger partial charge in [0, 0.05) is 7.05 Å². The number of H-pyrrole nitrogens is 1. The molecule has 0 aliphatic rings. The minimum Gasteiger partial charge on any atom is -0.494 e. The van der Waals surface area contributed by atoms with E-state index in [1.54, 1.807) is 25.6 Å². The van der Waals surface area contributed by atoms with Crippen molar-refractivity contribution in [3.63, 3.8) is 0 Å². The molecule has 0 saturated heterocycles. The molecule has 5 nitrogen and oxygen atoms in total. The zero-order valence-electron chi connectivity index (χ0n) is 10.5. The van der Waals surface area contributed by atoms with Crippen LogP contribution in [0.15, 0.2) is 18.2 Å². The van der Waals surface area contributed by atoms with Gasteiger partial charge in [0.25, 0.3) is 0 Å². The van der Waals surface area contributed by atoms with Gasteiger partial charge < -0.3 is 19.6 Å². The zero-order chi connectivity index (χ0) is 13.3. The van der Waals surface area contributed by atoms with E-state index in [4.69, 9.17) is 17.0 Å². The van der Waals surface area contributed by atoms with Gasteiger partial charge in [-0.05, 0) is 31.3 Å². The molecule has 1 aromatic heterocycles. The monoisotopic (exact) mass is 265 g/mol. The second-order valence-corrected chi connectivity index (χ2v) is 4.33. The van der Waals surface area contributed by atoms with Crippen LogP contribution in [0.1, 0.15) is 13.0 Å². The largest absolute Gasteiger partial charge is 0.494 e. The predicted octanol–water partition coefficient (Wildman–Crippen LogP) is 2.01. The van der Waals surface area contributed by atoms with E-state index in [9.17, 15) is 4.79 Å². The van der Waals surface area contributed by atoms with Crippen LogP contribution in [0.5, 0.6) is 5.75 Å². The van der Waals surface area contributed by atoms with Crippen molar-refractivity contribution < 1.29 is 9.53 Å². The maximum Gasteiger partial charge on any atom is 0.242 e. The first kappa shape index (κ1) is 12.6. The smallest absolute Gasteiger partial charge is 0.242 e. The molecule has 1 heterocycles. The van der Waals surface area contributed by atoms with Crippen LogP contribution in [0, 0.1) is 4.77 Å². The summed E-state index contributed by atoms with van der Waals surface area (Å²) in [6.45, 7) is 1.81. The molecule has 1 unspecified atom stereocenters. The highest BCUT2D eigenvalue weighted by Crippen LogP contribution is 2.26. The molecule has 0 spiro atoms. The predicted molar refractivity (Wildman–Crippen MR) is 72.5 cm³/mol. The van der Waals surface area contributed by atoms with Gasteiger partial charge in [-0.3, -0.25) is 4.79 Å². The first-order valence-electron chi connectivity index (χ1n) is 5.59. The van der Waals surface area contributed by atoms with Crippen molar-refractivity contribution in [3.05, 3.63) is 23.0 Å². The number of aromatic amines is 1. The summed E-state index contributed by atoms with van der Waals surface area (Å²) >= 11 is 5.28. The van der Waals surface area contributed by atoms with Gasteiger partial charge in [-0.15, -0.1) is 0 Å². The van der Waals surface area contributed by atoms with Crippen LogP contribution in [-0.4, -0.2) is 29.6 Å². The minimum absolute atomic E-state index is 0.0881. The summed E-state index contributed by atoms with van der Waals surface area (Å²) in [5, 5.41) is 2.62. The third-order valence-electron chi connectivity index (χ3n) is 2.95. The number of rotatable bonds is 3. The van der Waals surface area contributed by atoms with Crippen molar-refractivity contribution in [2.45, 2.75) is 13.0 Å². The fraction of sp³-hybridized carbons (Fsp3) is 0.333. The van der Waals surface area contributed by atoms with Crippen LogP contribution in [0.3, 0.4) is 0 Å². The number of para-hydroxylation sites is 1. The molecule has 1 amide bonds. The summed E-state index contributed by atoms with van der Waals surface area (Å²) in [4.78, 5) is 14.8. The Kier molecular flexibility index (Phi) is 3.38. The lowest BCUT2D eigenvalue weighted by Gasteiger charge is -2.12. The highest BCUT2D eigenvalue weighted by molar-refractivity contribution is 7.71. The van der Waals surface area contributed by atoms with E-state index in [0.717, 1.165) is 11.0 Å². The van der Waals surface area contributed by atoms with Crippen molar-refractivity contribution in [1.82, 2.24) is 14.9 Å². The van der Waals surface area contributed by atoms with Crippen LogP contribution < -0.4 is 10.1 Å². The highest BCUT2D eigenvalue weighted by atomic mass is 32.1. The Labute approximate surface area is 110 Å². The van der Waals surface area contributed by atoms with E-state index in [2.05, 4.69) is 10.3 Å². The number of carbonyl (C=O) groups excluding carboxylic acids is 1. The number of fused-ring (bicyclic) bond motifs is 1. The average Bonchev–Trinajstić information content (AvgIpc) is 2.72. The molecule has 0 aliphatic heterocycles. The topological polar surface area (TPSA) is 59.0 Å². The molecular formula is C12H15N3O2S. The first-order chi connectivity index (χ1) is 8.60. The number of benzene rings is 1. The van der Waals surface area contributed by atoms with Gasteiger partial charge >= 0.3 is 0 Å². The van der Waals surface area contributed by atoms with Crippen molar-refractivity contribution in [1.29, 1.82) is 0 Å². The van der Waals surface area contributed by atoms with Gasteiger partial charge in [0.1, 0.15) is 17.3 Å². The standard InChI is InChI=1S/C12H15N3O2S/c1-7(11(16)13-2)15-8-5-4-6-9(17-3)10(8)14-12(15)18/h4-7H,1-3H3,(H,13,16)(H,14,18). The molecule has 0 radical (unpaired) electrons. The first-order valence-corrected chi connectivity index (χ1v) is 5.99. The number of aromatic nitrogens is 2. The Balaban J connectivity index is 2.69. The number of nitrogens with zero attached hydrogens (tertiary/aromatic N) is 1. The quantitative estimate of drug-likeness (QED) is 0.835. The van der Waals surface area contributed by atoms with Crippen LogP contribution in [-0.2, 0) is 4.79 Å². The molecule has 0 aliphatic carbocycles. The molecule has 0 fully saturated rings. The van der Waals surface area contributed by atoms with E-state index in [1.165, 1.54) is 0 Å². The third kappa shape index (κ3) is 1.88. The number of hydrogen-bond donors (Lipinski definition) is 2. The van der Waals surface area contributed by atoms with Crippen molar-refractivity contribution in [2.75, 3.05) is 14.2 Å². The SMILES string of the molecule is CNC(=O)C(C)n1c(=S)[nH]c2c(OC)cccc21. The van der Waals surface area contributed by atoms with Crippen LogP contribution >= 0.6 is 12.2 Å². The summed E-state index contributed by atoms with van der Waals surface area (Å²) in [7, 11) is 3.21. The number of likely N-dealkylation sites (N-methyl/N-ethyl adjacent to an activating group) is 1. The average molecular weight is 265 g/mol. The van der Waals surface area contributed by atoms with Gasteiger partial charge in [0.05, 0.1) is 12.6 Å². The fourth-order valence-electron chi connectivity index (χ4n) is 2.00. The van der Waals surface area contributed by atoms with Crippen molar-refractivity contribution >= 4 is 29.2 Å². The lowest BCUT2D eigenvalue weighted by molar-refractivity contribution is -0.123. The second-order valence-electron chi connectivity index (χ2n) is 3.94. The highest BCUT2D eigenvalue weighted by Gasteiger charge is 2.18. The van der Waals surface area contributed by atoms with Gasteiger partial charge in [0.15, 0.2) is 4.77 Å². The van der Waals surface area contributed by atoms with Gasteiger partial charge in [0.2, 0.25) is 5.91 Å². The molecule has 1 aromatic carbocycles. The summed E-state index contributed by atoms with van der Waals surface area (Å²) in [5.41, 5.74) is 1.66. The molecule has 2 aromatic rings. The number of amides is 1. The summed E-state index contributed by atoms with van der Waals surface area (Å²) < 4.78 is 7.56. The molecule has 18 heavy (non-hydrogen) atoms. The summed E-state index contributed by atoms with van der Waals surface area (Å²) in [5.74, 6) is 0.622. The molecule has 2 N–H and O–H groups in total. The number of methoxy groups -OCH3 is 1. The van der Waals surface area contributed by atoms with Crippen molar-refractivity contribution in [3.8, 4) is 5.75 Å². The third-order valence-corrected chi connectivity index (χ3v) is 3.25. The van der Waals surface area contributed by atoms with Crippen LogP contribution in [0.2, 0.25) is 0 Å². The van der Waals surface area contributed by atoms with E-state index in [0.29, 0.717) is 10.5 Å². The van der Waals surface area contributed by atoms with Crippen LogP contribution in [0.25, 0.3) is 11.0 Å². The van der Waals surface area contributed by atoms with E-state index in [-0.39, 0.29) is 11.9 Å². The van der Waals surface area contributed by atoms with E-state index < -0.39 is 0 Å². The zero-order valence-corrected chi connectivity index (χ0v) is 11.3. The molecule has 2 rings (SSSR count). The maximum absolute atomic E-state index is 11.7. The lowest BCUT2D eigenvalue weighted by atomic mass is 10.2. The Bertz CT molecular complexity index is 644. The van der Waals surface area contributed by atoms with Crippen molar-refractivity contribution in [2.24, 2.45) is 0 Å². The number of hydrogen-bond acceptors (Lipinski definition) is 3. The van der Waals surface area contributed by atoms with E-state index >= 15 is 0 Å². The Morgan fingerprint density at radius 2 is 2.28 bits per heavy atom. The molecular weight excluding hydrogens is 250 g/mol. The summed E-state index contributed by atoms with van der Waals surface area (Å²) in [6.07, 6.45) is 0. The molecule has 1 atom stereocenters. The number of ether oxygens (including phenoxy) is 1. The second kappa shape index (κ2) is 4.81. The van der Waals surface area contributed by atoms with Crippen LogP contribution in [0.4, 0.5) is 0 Å². The Hall–Kier alpha value is -1.82. The van der Waals surface area contributed by atoms with Gasteiger partial charge in [-0.1, -0.05) is 6.07 Å². The Morgan fingerprint density at radius 3 is 2.89 bits per heavy atom. The molecule has 0 bridgehead atoms. The normalized spacial score (nSPS) is 12.4. The molecule has 6 heteroatoms. The number of carbonyl (C=O) groups is 1. The fourth-order valence-corrected chi connectivity index (χ4v) is 2.36. The minimum atomic E-state index is -0.372. The maximum atomic E-state index is 11.7. The van der Waals surface area contributed by atoms with Gasteiger partial charge in [-0.25, -0.2) is 0 Å². The Morgan fingerprint density at radius 1 is 1.56 bits per heavy atom. The molecule has 0 saturated carbocycles. The number of imidazole rings is 1. The summed E-state index contributed by atoms with van der Waals surface area (Å²) in [6, 6.07) is 5.26. The van der Waals surface area contributed by atoms with E-state index in [1.807, 2.05) is 18.2 Å². The number of nitrogens with one attached hydrogen (secondary N) is 2. The molecule has 96 valence electrons. The van der Waals surface area contributed by atoms with Gasteiger partial charge in [-0.2, -0.15) is 0 Å². The lowest BCUT2D eigenvalue weighted by Crippen LogP contribution is -2.27.